The fraction of sp³-hybridized carbons (Fsp3) is 0.318. The normalized spacial score (nSPS) is 15.9. The molecule has 25 heavy (non-hydrogen) atoms. The third kappa shape index (κ3) is 3.46. The van der Waals surface area contributed by atoms with Crippen LogP contribution < -0.4 is 9.47 Å². The molecule has 0 saturated heterocycles. The Labute approximate surface area is 149 Å². The van der Waals surface area contributed by atoms with Crippen LogP contribution in [0.25, 0.3) is 6.08 Å². The molecule has 0 saturated carbocycles. The van der Waals surface area contributed by atoms with E-state index in [1.54, 1.807) is 7.11 Å². The first-order valence-electron chi connectivity index (χ1n) is 8.52. The van der Waals surface area contributed by atoms with Crippen LogP contribution in [0.4, 0.5) is 0 Å². The summed E-state index contributed by atoms with van der Waals surface area (Å²) in [7, 11) is 1.65. The smallest absolute Gasteiger partial charge is 0.170 e. The number of Topliss-reactive ketones (excluding diaryl/α,β-unsaturated/α-hetero) is 1. The van der Waals surface area contributed by atoms with Gasteiger partial charge in [-0.1, -0.05) is 25.1 Å². The van der Waals surface area contributed by atoms with Crippen LogP contribution in [0.3, 0.4) is 0 Å². The maximum absolute atomic E-state index is 12.9. The molecule has 3 heteroatoms. The number of carbonyl (C=O) groups excluding carboxylic acids is 1. The molecule has 3 rings (SSSR count). The molecular formula is C22H24O3. The molecule has 0 spiro atoms. The van der Waals surface area contributed by atoms with E-state index in [9.17, 15) is 4.79 Å². The molecule has 0 radical (unpaired) electrons. The van der Waals surface area contributed by atoms with Crippen molar-refractivity contribution in [3.63, 3.8) is 0 Å². The Morgan fingerprint density at radius 2 is 1.92 bits per heavy atom. The number of hydrogen-bond donors (Lipinski definition) is 0. The number of fused-ring (bicyclic) bond motifs is 1. The Bertz CT molecular complexity index is 846. The van der Waals surface area contributed by atoms with Crippen LogP contribution in [0.15, 0.2) is 42.5 Å². The fourth-order valence-electron chi connectivity index (χ4n) is 3.04. The van der Waals surface area contributed by atoms with E-state index in [4.69, 9.17) is 9.47 Å². The van der Waals surface area contributed by atoms with Gasteiger partial charge in [-0.25, -0.2) is 0 Å². The van der Waals surface area contributed by atoms with Gasteiger partial charge in [0.2, 0.25) is 0 Å². The van der Waals surface area contributed by atoms with Crippen LogP contribution >= 0.6 is 0 Å². The van der Waals surface area contributed by atoms with E-state index in [2.05, 4.69) is 0 Å². The summed E-state index contributed by atoms with van der Waals surface area (Å²) in [4.78, 5) is 12.9. The summed E-state index contributed by atoms with van der Waals surface area (Å²) in [6.45, 7) is 7.95. The number of ether oxygens (including phenoxy) is 2. The molecule has 0 bridgehead atoms. The molecule has 0 amide bonds. The van der Waals surface area contributed by atoms with Gasteiger partial charge in [0.1, 0.15) is 17.1 Å². The molecule has 1 aliphatic heterocycles. The number of ketones is 1. The van der Waals surface area contributed by atoms with Crippen molar-refractivity contribution in [3.8, 4) is 11.5 Å². The lowest BCUT2D eigenvalue weighted by Crippen LogP contribution is -2.27. The van der Waals surface area contributed by atoms with Crippen molar-refractivity contribution >= 4 is 11.9 Å². The minimum Gasteiger partial charge on any atom is -0.496 e. The van der Waals surface area contributed by atoms with Crippen molar-refractivity contribution in [1.29, 1.82) is 0 Å². The summed E-state index contributed by atoms with van der Waals surface area (Å²) < 4.78 is 11.3. The maximum atomic E-state index is 12.9. The SMILES string of the molecule is COc1cc([C@@H](C)C(=O)c2ccc3c(c2)C=CC(C)(C)O3)ccc1C. The first-order valence-corrected chi connectivity index (χ1v) is 8.52. The zero-order valence-corrected chi connectivity index (χ0v) is 15.4. The van der Waals surface area contributed by atoms with Gasteiger partial charge in [0, 0.05) is 17.0 Å². The molecule has 0 aliphatic carbocycles. The Hall–Kier alpha value is -2.55. The summed E-state index contributed by atoms with van der Waals surface area (Å²) in [5.74, 6) is 1.47. The lowest BCUT2D eigenvalue weighted by Gasteiger charge is -2.28. The minimum absolute atomic E-state index is 0.0898. The van der Waals surface area contributed by atoms with E-state index >= 15 is 0 Å². The van der Waals surface area contributed by atoms with Crippen molar-refractivity contribution in [2.45, 2.75) is 39.2 Å². The molecule has 130 valence electrons. The van der Waals surface area contributed by atoms with Crippen LogP contribution in [0, 0.1) is 6.92 Å². The zero-order chi connectivity index (χ0) is 18.2. The van der Waals surface area contributed by atoms with Crippen molar-refractivity contribution in [2.75, 3.05) is 7.11 Å². The highest BCUT2D eigenvalue weighted by Gasteiger charge is 2.24. The van der Waals surface area contributed by atoms with Gasteiger partial charge in [-0.2, -0.15) is 0 Å². The number of benzene rings is 2. The standard InChI is InChI=1S/C22H24O3/c1-14-6-7-16(13-20(14)24-5)15(2)21(23)18-8-9-19-17(12-18)10-11-22(3,4)25-19/h6-13,15H,1-5H3/t15-/m1/s1. The number of methoxy groups -OCH3 is 1. The second-order valence-corrected chi connectivity index (χ2v) is 7.11. The summed E-state index contributed by atoms with van der Waals surface area (Å²) in [6.07, 6.45) is 4.03. The molecule has 0 unspecified atom stereocenters. The van der Waals surface area contributed by atoms with Gasteiger partial charge in [-0.3, -0.25) is 4.79 Å². The quantitative estimate of drug-likeness (QED) is 0.722. The molecule has 0 aromatic heterocycles. The fourth-order valence-corrected chi connectivity index (χ4v) is 3.04. The summed E-state index contributed by atoms with van der Waals surface area (Å²) in [5.41, 5.74) is 3.34. The van der Waals surface area contributed by atoms with Crippen molar-refractivity contribution in [1.82, 2.24) is 0 Å². The molecule has 3 nitrogen and oxygen atoms in total. The van der Waals surface area contributed by atoms with Crippen LogP contribution in [-0.2, 0) is 0 Å². The Kier molecular flexibility index (Phi) is 4.42. The molecule has 1 aliphatic rings. The monoisotopic (exact) mass is 336 g/mol. The van der Waals surface area contributed by atoms with E-state index in [0.29, 0.717) is 5.56 Å². The van der Waals surface area contributed by atoms with Gasteiger partial charge in [0.25, 0.3) is 0 Å². The summed E-state index contributed by atoms with van der Waals surface area (Å²) in [6, 6.07) is 11.6. The van der Waals surface area contributed by atoms with Crippen LogP contribution in [0.2, 0.25) is 0 Å². The van der Waals surface area contributed by atoms with E-state index in [-0.39, 0.29) is 17.3 Å². The average molecular weight is 336 g/mol. The molecule has 0 fully saturated rings. The second kappa shape index (κ2) is 6.40. The van der Waals surface area contributed by atoms with E-state index in [1.165, 1.54) is 0 Å². The van der Waals surface area contributed by atoms with Gasteiger partial charge < -0.3 is 9.47 Å². The van der Waals surface area contributed by atoms with Gasteiger partial charge >= 0.3 is 0 Å². The van der Waals surface area contributed by atoms with Crippen LogP contribution in [-0.4, -0.2) is 18.5 Å². The largest absolute Gasteiger partial charge is 0.496 e. The average Bonchev–Trinajstić information content (AvgIpc) is 2.59. The Morgan fingerprint density at radius 1 is 1.16 bits per heavy atom. The third-order valence-corrected chi connectivity index (χ3v) is 4.66. The molecule has 2 aromatic carbocycles. The number of carbonyl (C=O) groups is 1. The molecule has 2 aromatic rings. The van der Waals surface area contributed by atoms with E-state index < -0.39 is 0 Å². The Balaban J connectivity index is 1.88. The maximum Gasteiger partial charge on any atom is 0.170 e. The van der Waals surface area contributed by atoms with E-state index in [0.717, 1.165) is 28.2 Å². The number of hydrogen-bond acceptors (Lipinski definition) is 3. The highest BCUT2D eigenvalue weighted by Crippen LogP contribution is 2.33. The van der Waals surface area contributed by atoms with Crippen molar-refractivity contribution < 1.29 is 14.3 Å². The first kappa shape index (κ1) is 17.3. The number of rotatable bonds is 4. The Morgan fingerprint density at radius 3 is 2.64 bits per heavy atom. The van der Waals surface area contributed by atoms with Crippen molar-refractivity contribution in [2.24, 2.45) is 0 Å². The van der Waals surface area contributed by atoms with Gasteiger partial charge in [0.05, 0.1) is 7.11 Å². The lowest BCUT2D eigenvalue weighted by molar-refractivity contribution is 0.0966. The highest BCUT2D eigenvalue weighted by molar-refractivity contribution is 6.01. The summed E-state index contributed by atoms with van der Waals surface area (Å²) >= 11 is 0. The van der Waals surface area contributed by atoms with Crippen LogP contribution in [0.1, 0.15) is 53.7 Å². The molecule has 1 atom stereocenters. The topological polar surface area (TPSA) is 35.5 Å². The lowest BCUT2D eigenvalue weighted by atomic mass is 9.90. The van der Waals surface area contributed by atoms with Gasteiger partial charge in [-0.05, 0) is 62.2 Å². The van der Waals surface area contributed by atoms with Gasteiger partial charge in [0.15, 0.2) is 5.78 Å². The first-order chi connectivity index (χ1) is 11.8. The zero-order valence-electron chi connectivity index (χ0n) is 15.4. The van der Waals surface area contributed by atoms with E-state index in [1.807, 2.05) is 76.2 Å². The second-order valence-electron chi connectivity index (χ2n) is 7.11. The number of aryl methyl sites for hydroxylation is 1. The predicted octanol–water partition coefficient (Wildman–Crippen LogP) is 5.17. The third-order valence-electron chi connectivity index (χ3n) is 4.66. The molecular weight excluding hydrogens is 312 g/mol. The van der Waals surface area contributed by atoms with Crippen molar-refractivity contribution in [3.05, 3.63) is 64.7 Å². The van der Waals surface area contributed by atoms with Gasteiger partial charge in [-0.15, -0.1) is 0 Å². The predicted molar refractivity (Wildman–Crippen MR) is 101 cm³/mol. The van der Waals surface area contributed by atoms with Crippen LogP contribution in [0.5, 0.6) is 11.5 Å². The molecule has 1 heterocycles. The highest BCUT2D eigenvalue weighted by atomic mass is 16.5. The minimum atomic E-state index is -0.315. The molecule has 0 N–H and O–H groups in total. The summed E-state index contributed by atoms with van der Waals surface area (Å²) in [5, 5.41) is 0.